The molecule has 23 heavy (non-hydrogen) atoms. The van der Waals surface area contributed by atoms with Crippen LogP contribution in [0.5, 0.6) is 0 Å². The normalized spacial score (nSPS) is 22.7. The van der Waals surface area contributed by atoms with E-state index in [1.165, 1.54) is 6.07 Å². The van der Waals surface area contributed by atoms with Gasteiger partial charge in [-0.1, -0.05) is 18.2 Å². The molecule has 1 aliphatic rings. The molecule has 0 atom stereocenters. The molecule has 0 saturated heterocycles. The van der Waals surface area contributed by atoms with Crippen LogP contribution in [-0.2, 0) is 11.3 Å². The van der Waals surface area contributed by atoms with Crippen molar-refractivity contribution in [2.24, 2.45) is 11.8 Å². The maximum Gasteiger partial charge on any atom is 0.356 e. The lowest BCUT2D eigenvalue weighted by Gasteiger charge is -2.29. The van der Waals surface area contributed by atoms with Gasteiger partial charge in [0.25, 0.3) is 0 Å². The molecule has 0 amide bonds. The van der Waals surface area contributed by atoms with Crippen LogP contribution in [-0.4, -0.2) is 6.11 Å². The van der Waals surface area contributed by atoms with E-state index in [4.69, 9.17) is 0 Å². The summed E-state index contributed by atoms with van der Waals surface area (Å²) in [5, 5.41) is 0. The first-order valence-corrected chi connectivity index (χ1v) is 7.98. The SMILES string of the molecule is C/C=C/[C@H]1CC[C@H](CC(F)(F)OCc2ccc(F)c(F)c2)CC1. The summed E-state index contributed by atoms with van der Waals surface area (Å²) in [5.74, 6) is -1.63. The highest BCUT2D eigenvalue weighted by Gasteiger charge is 2.35. The summed E-state index contributed by atoms with van der Waals surface area (Å²) in [6.07, 6.45) is 3.95. The number of allylic oxidation sites excluding steroid dienone is 2. The molecule has 1 fully saturated rings. The standard InChI is InChI=1S/C18H22F4O/c1-2-3-13-4-6-14(7-5-13)11-18(21,22)23-12-15-8-9-16(19)17(20)10-15/h2-3,8-10,13-14H,4-7,11-12H2,1H3/b3-2+/t13-,14-. The summed E-state index contributed by atoms with van der Waals surface area (Å²) in [6, 6.07) is 3.04. The van der Waals surface area contributed by atoms with Gasteiger partial charge in [0.1, 0.15) is 0 Å². The number of ether oxygens (including phenoxy) is 1. The fourth-order valence-electron chi connectivity index (χ4n) is 3.07. The van der Waals surface area contributed by atoms with E-state index in [2.05, 4.69) is 10.8 Å². The van der Waals surface area contributed by atoms with Gasteiger partial charge in [-0.2, -0.15) is 8.78 Å². The van der Waals surface area contributed by atoms with Crippen molar-refractivity contribution in [2.45, 2.75) is 51.7 Å². The summed E-state index contributed by atoms with van der Waals surface area (Å²) in [7, 11) is 0. The minimum Gasteiger partial charge on any atom is -0.316 e. The predicted molar refractivity (Wildman–Crippen MR) is 81.0 cm³/mol. The molecule has 2 rings (SSSR count). The van der Waals surface area contributed by atoms with Gasteiger partial charge in [0.05, 0.1) is 6.61 Å². The average Bonchev–Trinajstić information content (AvgIpc) is 2.51. The van der Waals surface area contributed by atoms with Gasteiger partial charge in [0.15, 0.2) is 11.6 Å². The summed E-state index contributed by atoms with van der Waals surface area (Å²) >= 11 is 0. The van der Waals surface area contributed by atoms with Crippen LogP contribution in [0.15, 0.2) is 30.4 Å². The van der Waals surface area contributed by atoms with Crippen molar-refractivity contribution >= 4 is 0 Å². The second kappa shape index (κ2) is 7.95. The molecule has 0 unspecified atom stereocenters. The van der Waals surface area contributed by atoms with Crippen LogP contribution < -0.4 is 0 Å². The fraction of sp³-hybridized carbons (Fsp3) is 0.556. The van der Waals surface area contributed by atoms with Gasteiger partial charge in [-0.3, -0.25) is 0 Å². The Bertz CT molecular complexity index is 534. The van der Waals surface area contributed by atoms with E-state index >= 15 is 0 Å². The van der Waals surface area contributed by atoms with Crippen LogP contribution in [0, 0.1) is 23.5 Å². The van der Waals surface area contributed by atoms with Crippen molar-refractivity contribution in [3.05, 3.63) is 47.5 Å². The quantitative estimate of drug-likeness (QED) is 0.470. The van der Waals surface area contributed by atoms with Gasteiger partial charge >= 0.3 is 6.11 Å². The Kier molecular flexibility index (Phi) is 6.22. The highest BCUT2D eigenvalue weighted by molar-refractivity contribution is 5.16. The van der Waals surface area contributed by atoms with Gasteiger partial charge in [0, 0.05) is 6.42 Å². The summed E-state index contributed by atoms with van der Waals surface area (Å²) < 4.78 is 58.3. The Morgan fingerprint density at radius 3 is 2.43 bits per heavy atom. The van der Waals surface area contributed by atoms with E-state index in [0.29, 0.717) is 5.92 Å². The maximum atomic E-state index is 13.9. The molecule has 0 radical (unpaired) electrons. The zero-order valence-electron chi connectivity index (χ0n) is 13.2. The third-order valence-electron chi connectivity index (χ3n) is 4.32. The molecule has 0 bridgehead atoms. The first-order valence-electron chi connectivity index (χ1n) is 7.98. The lowest BCUT2D eigenvalue weighted by molar-refractivity contribution is -0.256. The zero-order chi connectivity index (χ0) is 16.9. The minimum absolute atomic E-state index is 0.0588. The van der Waals surface area contributed by atoms with E-state index in [0.717, 1.165) is 37.8 Å². The lowest BCUT2D eigenvalue weighted by atomic mass is 9.80. The third-order valence-corrected chi connectivity index (χ3v) is 4.32. The van der Waals surface area contributed by atoms with Crippen LogP contribution in [0.2, 0.25) is 0 Å². The lowest BCUT2D eigenvalue weighted by Crippen LogP contribution is -2.27. The van der Waals surface area contributed by atoms with Crippen LogP contribution >= 0.6 is 0 Å². The predicted octanol–water partition coefficient (Wildman–Crippen LogP) is 5.85. The van der Waals surface area contributed by atoms with E-state index < -0.39 is 24.3 Å². The molecule has 5 heteroatoms. The van der Waals surface area contributed by atoms with Crippen LogP contribution in [0.25, 0.3) is 0 Å². The van der Waals surface area contributed by atoms with E-state index in [1.807, 2.05) is 13.0 Å². The second-order valence-electron chi connectivity index (χ2n) is 6.19. The molecular formula is C18H22F4O. The van der Waals surface area contributed by atoms with Gasteiger partial charge in [-0.15, -0.1) is 0 Å². The Hall–Kier alpha value is -1.36. The van der Waals surface area contributed by atoms with E-state index in [-0.39, 0.29) is 17.9 Å². The third kappa shape index (κ3) is 5.65. The highest BCUT2D eigenvalue weighted by atomic mass is 19.3. The monoisotopic (exact) mass is 330 g/mol. The molecule has 1 aliphatic carbocycles. The van der Waals surface area contributed by atoms with Crippen LogP contribution in [0.3, 0.4) is 0 Å². The van der Waals surface area contributed by atoms with Crippen LogP contribution in [0.1, 0.15) is 44.6 Å². The van der Waals surface area contributed by atoms with Crippen molar-refractivity contribution in [3.63, 3.8) is 0 Å². The largest absolute Gasteiger partial charge is 0.356 e. The summed E-state index contributed by atoms with van der Waals surface area (Å²) in [4.78, 5) is 0. The van der Waals surface area contributed by atoms with Gasteiger partial charge in [-0.25, -0.2) is 8.78 Å². The number of alkyl halides is 2. The minimum atomic E-state index is -3.25. The van der Waals surface area contributed by atoms with Crippen molar-refractivity contribution in [1.29, 1.82) is 0 Å². The number of halogens is 4. The fourth-order valence-corrected chi connectivity index (χ4v) is 3.07. The molecular weight excluding hydrogens is 308 g/mol. The number of hydrogen-bond donors (Lipinski definition) is 0. The van der Waals surface area contributed by atoms with Crippen LogP contribution in [0.4, 0.5) is 17.6 Å². The molecule has 0 aromatic heterocycles. The molecule has 0 aliphatic heterocycles. The Labute approximate surface area is 134 Å². The molecule has 0 heterocycles. The second-order valence-corrected chi connectivity index (χ2v) is 6.19. The molecule has 1 nitrogen and oxygen atoms in total. The zero-order valence-corrected chi connectivity index (χ0v) is 13.2. The Morgan fingerprint density at radius 1 is 1.13 bits per heavy atom. The first kappa shape index (κ1) is 18.0. The topological polar surface area (TPSA) is 9.23 Å². The molecule has 0 spiro atoms. The Balaban J connectivity index is 1.81. The van der Waals surface area contributed by atoms with E-state index in [1.54, 1.807) is 0 Å². The molecule has 1 aromatic rings. The van der Waals surface area contributed by atoms with Crippen molar-refractivity contribution in [3.8, 4) is 0 Å². The number of hydrogen-bond acceptors (Lipinski definition) is 1. The summed E-state index contributed by atoms with van der Waals surface area (Å²) in [6.45, 7) is 1.53. The van der Waals surface area contributed by atoms with Crippen molar-refractivity contribution in [2.75, 3.05) is 0 Å². The van der Waals surface area contributed by atoms with Gasteiger partial charge in [0.2, 0.25) is 0 Å². The average molecular weight is 330 g/mol. The smallest absolute Gasteiger partial charge is 0.316 e. The number of benzene rings is 1. The first-order chi connectivity index (χ1) is 10.9. The van der Waals surface area contributed by atoms with E-state index in [9.17, 15) is 17.6 Å². The molecule has 1 aromatic carbocycles. The number of rotatable bonds is 6. The van der Waals surface area contributed by atoms with Crippen molar-refractivity contribution in [1.82, 2.24) is 0 Å². The highest BCUT2D eigenvalue weighted by Crippen LogP contribution is 2.37. The molecule has 1 saturated carbocycles. The molecule has 128 valence electrons. The van der Waals surface area contributed by atoms with Crippen molar-refractivity contribution < 1.29 is 22.3 Å². The van der Waals surface area contributed by atoms with Gasteiger partial charge in [-0.05, 0) is 62.1 Å². The summed E-state index contributed by atoms with van der Waals surface area (Å²) in [5.41, 5.74) is 0.195. The maximum absolute atomic E-state index is 13.9. The molecule has 0 N–H and O–H groups in total. The Morgan fingerprint density at radius 2 is 1.83 bits per heavy atom. The van der Waals surface area contributed by atoms with Gasteiger partial charge < -0.3 is 4.74 Å².